The van der Waals surface area contributed by atoms with E-state index < -0.39 is 33.7 Å². The molecule has 1 N–H and O–H groups in total. The summed E-state index contributed by atoms with van der Waals surface area (Å²) in [5, 5.41) is -1.93. The van der Waals surface area contributed by atoms with E-state index in [0.29, 0.717) is 24.7 Å². The van der Waals surface area contributed by atoms with Crippen LogP contribution in [0.2, 0.25) is 0 Å². The molecule has 170 valence electrons. The topological polar surface area (TPSA) is 107 Å². The molecule has 0 saturated carbocycles. The van der Waals surface area contributed by atoms with Crippen molar-refractivity contribution in [2.45, 2.75) is 90.7 Å². The van der Waals surface area contributed by atoms with Crippen molar-refractivity contribution in [1.82, 2.24) is 0 Å². The Bertz CT molecular complexity index is 551. The van der Waals surface area contributed by atoms with Gasteiger partial charge in [0.05, 0.1) is 19.6 Å². The van der Waals surface area contributed by atoms with E-state index in [1.807, 2.05) is 0 Å². The zero-order valence-corrected chi connectivity index (χ0v) is 18.6. The van der Waals surface area contributed by atoms with Gasteiger partial charge in [0.15, 0.2) is 5.25 Å². The van der Waals surface area contributed by atoms with Crippen LogP contribution < -0.4 is 0 Å². The molecule has 0 aliphatic heterocycles. The Morgan fingerprint density at radius 3 is 1.60 bits per heavy atom. The van der Waals surface area contributed by atoms with Crippen molar-refractivity contribution in [3.05, 3.63) is 0 Å². The molecule has 7 nitrogen and oxygen atoms in total. The number of carbonyl (C=O) groups excluding carboxylic acids is 2. The summed E-state index contributed by atoms with van der Waals surface area (Å²) in [6.45, 7) is 8.76. The third-order valence-electron chi connectivity index (χ3n) is 4.33. The molecule has 0 aliphatic rings. The third kappa shape index (κ3) is 20.7. The van der Waals surface area contributed by atoms with Crippen LogP contribution in [0.3, 0.4) is 0 Å². The van der Waals surface area contributed by atoms with E-state index in [2.05, 4.69) is 27.7 Å². The molecule has 0 spiro atoms. The monoisotopic (exact) mass is 470 g/mol. The van der Waals surface area contributed by atoms with Crippen molar-refractivity contribution in [2.24, 2.45) is 11.8 Å². The average molecular weight is 471 g/mol. The summed E-state index contributed by atoms with van der Waals surface area (Å²) >= 11 is 0. The van der Waals surface area contributed by atoms with Crippen LogP contribution in [-0.2, 0) is 29.2 Å². The maximum absolute atomic E-state index is 12.0. The van der Waals surface area contributed by atoms with Crippen LogP contribution in [-0.4, -0.2) is 102 Å². The van der Waals surface area contributed by atoms with Crippen LogP contribution in [0.15, 0.2) is 0 Å². The fraction of sp³-hybridized carbons (Fsp3) is 0.900. The van der Waals surface area contributed by atoms with E-state index in [-0.39, 0.29) is 72.3 Å². The van der Waals surface area contributed by atoms with Gasteiger partial charge in [-0.3, -0.25) is 14.1 Å². The summed E-state index contributed by atoms with van der Waals surface area (Å²) < 4.78 is 42.1. The number of carbonyl (C=O) groups is 2. The van der Waals surface area contributed by atoms with Crippen molar-refractivity contribution >= 4 is 81.2 Å². The molecular weight excluding hydrogens is 430 g/mol. The predicted octanol–water partition coefficient (Wildman–Crippen LogP) is 2.86. The first kappa shape index (κ1) is 35.4. The quantitative estimate of drug-likeness (QED) is 0.160. The van der Waals surface area contributed by atoms with E-state index >= 15 is 0 Å². The van der Waals surface area contributed by atoms with Gasteiger partial charge < -0.3 is 9.47 Å². The number of unbranched alkanes of at least 4 members (excludes halogenated alkanes) is 4. The number of rotatable bonds is 16. The molecule has 0 aromatic rings. The van der Waals surface area contributed by atoms with Gasteiger partial charge in [0.25, 0.3) is 10.1 Å². The molecule has 0 aromatic heterocycles. The summed E-state index contributed by atoms with van der Waals surface area (Å²) in [4.78, 5) is 23.8. The van der Waals surface area contributed by atoms with Crippen LogP contribution >= 0.6 is 0 Å². The Balaban J connectivity index is -0.00000364. The minimum absolute atomic E-state index is 0. The van der Waals surface area contributed by atoms with Gasteiger partial charge in [-0.05, 0) is 24.7 Å². The molecule has 0 bridgehead atoms. The van der Waals surface area contributed by atoms with Crippen LogP contribution in [0.5, 0.6) is 0 Å². The summed E-state index contributed by atoms with van der Waals surface area (Å²) in [5.41, 5.74) is 0. The van der Waals surface area contributed by atoms with Crippen molar-refractivity contribution < 1.29 is 32.0 Å². The molecule has 0 aromatic carbocycles. The molecule has 30 heavy (non-hydrogen) atoms. The molecule has 0 fully saturated rings. The number of esters is 2. The Labute approximate surface area is 227 Å². The van der Waals surface area contributed by atoms with Crippen LogP contribution in [0.25, 0.3) is 0 Å². The summed E-state index contributed by atoms with van der Waals surface area (Å²) in [5.74, 6) is -0.715. The number of hydrogen-bond acceptors (Lipinski definition) is 6. The first-order valence-corrected chi connectivity index (χ1v) is 11.8. The molecule has 0 heterocycles. The predicted molar refractivity (Wildman–Crippen MR) is 123 cm³/mol. The van der Waals surface area contributed by atoms with Crippen molar-refractivity contribution in [3.63, 3.8) is 0 Å². The van der Waals surface area contributed by atoms with Gasteiger partial charge in [0.1, 0.15) is 0 Å². The van der Waals surface area contributed by atoms with Gasteiger partial charge in [-0.25, -0.2) is 0 Å². The van der Waals surface area contributed by atoms with E-state index in [1.165, 1.54) is 0 Å². The van der Waals surface area contributed by atoms with Gasteiger partial charge in [0, 0.05) is 0 Å². The summed E-state index contributed by atoms with van der Waals surface area (Å²) in [6, 6.07) is 0. The fourth-order valence-electron chi connectivity index (χ4n) is 2.64. The van der Waals surface area contributed by atoms with Gasteiger partial charge in [-0.15, -0.1) is 0 Å². The minimum atomic E-state index is -4.74. The summed E-state index contributed by atoms with van der Waals surface area (Å²) in [6.07, 6.45) is 6.52. The molecule has 0 amide bonds. The Kier molecular flexibility index (Phi) is 24.2. The van der Waals surface area contributed by atoms with E-state index in [0.717, 1.165) is 38.5 Å². The van der Waals surface area contributed by atoms with Gasteiger partial charge >= 0.3 is 71.1 Å². The summed E-state index contributed by atoms with van der Waals surface area (Å²) in [7, 11) is -4.74. The molecule has 10 heteroatoms. The Morgan fingerprint density at radius 2 is 1.20 bits per heavy atom. The number of ether oxygens (including phenoxy) is 2. The molecule has 0 rings (SSSR count). The number of hydrogen-bond donors (Lipinski definition) is 1. The SMILES string of the molecule is CC(C)CCCCCOC(=O)CC(C(=O)OCCCCCC(C)C)S(=O)(=O)O.[NaH].[NaH]. The first-order valence-electron chi connectivity index (χ1n) is 10.3. The van der Waals surface area contributed by atoms with E-state index in [4.69, 9.17) is 9.47 Å². The van der Waals surface area contributed by atoms with Crippen molar-refractivity contribution in [3.8, 4) is 0 Å². The normalized spacial score (nSPS) is 12.1. The first-order chi connectivity index (χ1) is 13.0. The molecule has 1 atom stereocenters. The molecule has 0 aliphatic carbocycles. The van der Waals surface area contributed by atoms with Gasteiger partial charge in [-0.1, -0.05) is 66.2 Å². The van der Waals surface area contributed by atoms with E-state index in [1.54, 1.807) is 0 Å². The Hall–Kier alpha value is 0.850. The second-order valence-electron chi connectivity index (χ2n) is 8.08. The van der Waals surface area contributed by atoms with Crippen LogP contribution in [0.4, 0.5) is 0 Å². The fourth-order valence-corrected chi connectivity index (χ4v) is 3.29. The Morgan fingerprint density at radius 1 is 0.767 bits per heavy atom. The van der Waals surface area contributed by atoms with Gasteiger partial charge in [-0.2, -0.15) is 8.42 Å². The second-order valence-corrected chi connectivity index (χ2v) is 9.68. The van der Waals surface area contributed by atoms with Crippen molar-refractivity contribution in [2.75, 3.05) is 13.2 Å². The maximum atomic E-state index is 12.0. The second kappa shape index (κ2) is 20.5. The molecule has 0 radical (unpaired) electrons. The molecular formula is C20H40Na2O7S. The average Bonchev–Trinajstić information content (AvgIpc) is 2.57. The van der Waals surface area contributed by atoms with Crippen LogP contribution in [0, 0.1) is 11.8 Å². The van der Waals surface area contributed by atoms with Crippen molar-refractivity contribution in [1.29, 1.82) is 0 Å². The zero-order chi connectivity index (χ0) is 21.6. The van der Waals surface area contributed by atoms with Gasteiger partial charge in [0.2, 0.25) is 0 Å². The molecule has 1 unspecified atom stereocenters. The standard InChI is InChI=1S/C20H38O7S.2Na.2H/c1-16(2)11-7-5-9-13-26-19(21)15-18(28(23,24)25)20(22)27-14-10-6-8-12-17(3)4;;;;/h16-18H,5-15H2,1-4H3,(H,23,24,25);;;;. The zero-order valence-electron chi connectivity index (χ0n) is 17.8. The molecule has 0 saturated heterocycles. The third-order valence-corrected chi connectivity index (χ3v) is 5.41. The van der Waals surface area contributed by atoms with E-state index in [9.17, 15) is 22.6 Å². The van der Waals surface area contributed by atoms with Crippen LogP contribution in [0.1, 0.15) is 85.5 Å².